The van der Waals surface area contributed by atoms with Gasteiger partial charge in [-0.3, -0.25) is 9.78 Å². The van der Waals surface area contributed by atoms with Crippen molar-refractivity contribution in [1.82, 2.24) is 10.3 Å². The number of hydrogen-bond acceptors (Lipinski definition) is 2. The Hall–Kier alpha value is -1.39. The Kier molecular flexibility index (Phi) is 4.56. The molecule has 0 aliphatic carbocycles. The van der Waals surface area contributed by atoms with Crippen LogP contribution in [-0.4, -0.2) is 10.9 Å². The van der Waals surface area contributed by atoms with Gasteiger partial charge in [-0.2, -0.15) is 0 Å². The minimum absolute atomic E-state index is 0.167. The van der Waals surface area contributed by atoms with Crippen molar-refractivity contribution >= 4 is 33.4 Å². The number of hydrogen-bond donors (Lipinski definition) is 1. The van der Waals surface area contributed by atoms with Crippen LogP contribution in [0.2, 0.25) is 5.02 Å². The van der Waals surface area contributed by atoms with Gasteiger partial charge in [0.15, 0.2) is 0 Å². The first-order chi connectivity index (χ1) is 9.08. The van der Waals surface area contributed by atoms with Gasteiger partial charge in [-0.15, -0.1) is 0 Å². The second kappa shape index (κ2) is 6.17. The van der Waals surface area contributed by atoms with Crippen molar-refractivity contribution in [2.24, 2.45) is 0 Å². The molecule has 0 saturated heterocycles. The minimum atomic E-state index is -0.167. The third-order valence-corrected chi connectivity index (χ3v) is 3.95. The number of rotatable bonds is 3. The number of aryl methyl sites for hydroxylation is 1. The Morgan fingerprint density at radius 3 is 2.89 bits per heavy atom. The van der Waals surface area contributed by atoms with E-state index in [-0.39, 0.29) is 5.91 Å². The molecule has 0 saturated carbocycles. The zero-order valence-electron chi connectivity index (χ0n) is 10.3. The van der Waals surface area contributed by atoms with Gasteiger partial charge >= 0.3 is 0 Å². The van der Waals surface area contributed by atoms with Gasteiger partial charge in [0.25, 0.3) is 5.91 Å². The molecule has 19 heavy (non-hydrogen) atoms. The van der Waals surface area contributed by atoms with Crippen molar-refractivity contribution in [2.75, 3.05) is 0 Å². The predicted octanol–water partition coefficient (Wildman–Crippen LogP) is 3.74. The molecule has 2 rings (SSSR count). The smallest absolute Gasteiger partial charge is 0.251 e. The first-order valence-corrected chi connectivity index (χ1v) is 6.89. The van der Waals surface area contributed by atoms with E-state index in [9.17, 15) is 4.79 Å². The Bertz CT molecular complexity index is 616. The summed E-state index contributed by atoms with van der Waals surface area (Å²) in [5.74, 6) is -0.167. The fourth-order valence-electron chi connectivity index (χ4n) is 1.61. The summed E-state index contributed by atoms with van der Waals surface area (Å²) in [7, 11) is 0. The quantitative estimate of drug-likeness (QED) is 0.925. The van der Waals surface area contributed by atoms with Crippen LogP contribution < -0.4 is 5.32 Å². The van der Waals surface area contributed by atoms with Crippen LogP contribution in [0.1, 0.15) is 21.6 Å². The molecule has 0 atom stereocenters. The number of pyridine rings is 1. The van der Waals surface area contributed by atoms with Gasteiger partial charge < -0.3 is 5.32 Å². The lowest BCUT2D eigenvalue weighted by Gasteiger charge is -2.07. The average molecular weight is 340 g/mol. The standard InChI is InChI=1S/C14H12BrClN2O/c1-9-3-2-6-17-13(9)8-18-14(19)10-4-5-11(15)12(16)7-10/h2-7H,8H2,1H3,(H,18,19). The van der Waals surface area contributed by atoms with E-state index < -0.39 is 0 Å². The van der Waals surface area contributed by atoms with Crippen LogP contribution in [0.15, 0.2) is 41.0 Å². The molecule has 0 unspecified atom stereocenters. The van der Waals surface area contributed by atoms with Crippen LogP contribution in [0, 0.1) is 6.92 Å². The normalized spacial score (nSPS) is 10.3. The van der Waals surface area contributed by atoms with E-state index in [1.54, 1.807) is 24.4 Å². The number of carbonyl (C=O) groups excluding carboxylic acids is 1. The first-order valence-electron chi connectivity index (χ1n) is 5.71. The van der Waals surface area contributed by atoms with Gasteiger partial charge in [0, 0.05) is 16.2 Å². The van der Waals surface area contributed by atoms with E-state index in [0.29, 0.717) is 17.1 Å². The highest BCUT2D eigenvalue weighted by Gasteiger charge is 2.08. The Morgan fingerprint density at radius 2 is 2.21 bits per heavy atom. The molecule has 1 heterocycles. The predicted molar refractivity (Wildman–Crippen MR) is 79.3 cm³/mol. The lowest BCUT2D eigenvalue weighted by Crippen LogP contribution is -2.23. The van der Waals surface area contributed by atoms with Gasteiger partial charge in [-0.1, -0.05) is 17.7 Å². The molecule has 1 N–H and O–H groups in total. The van der Waals surface area contributed by atoms with Crippen LogP contribution in [-0.2, 0) is 6.54 Å². The van der Waals surface area contributed by atoms with Crippen LogP contribution in [0.25, 0.3) is 0 Å². The Labute approximate surface area is 125 Å². The highest BCUT2D eigenvalue weighted by atomic mass is 79.9. The van der Waals surface area contributed by atoms with Gasteiger partial charge in [0.05, 0.1) is 17.3 Å². The maximum atomic E-state index is 12.0. The molecule has 0 aliphatic heterocycles. The van der Waals surface area contributed by atoms with Crippen LogP contribution in [0.4, 0.5) is 0 Å². The second-order valence-electron chi connectivity index (χ2n) is 4.08. The number of nitrogens with one attached hydrogen (secondary N) is 1. The van der Waals surface area contributed by atoms with E-state index >= 15 is 0 Å². The molecule has 5 heteroatoms. The maximum absolute atomic E-state index is 12.0. The number of aromatic nitrogens is 1. The summed E-state index contributed by atoms with van der Waals surface area (Å²) in [5.41, 5.74) is 2.44. The second-order valence-corrected chi connectivity index (χ2v) is 5.34. The summed E-state index contributed by atoms with van der Waals surface area (Å²) in [4.78, 5) is 16.2. The summed E-state index contributed by atoms with van der Waals surface area (Å²) < 4.78 is 0.770. The van der Waals surface area contributed by atoms with E-state index in [2.05, 4.69) is 26.2 Å². The first kappa shape index (κ1) is 14.0. The van der Waals surface area contributed by atoms with Crippen molar-refractivity contribution in [2.45, 2.75) is 13.5 Å². The van der Waals surface area contributed by atoms with Crippen molar-refractivity contribution in [1.29, 1.82) is 0 Å². The number of halogens is 2. The summed E-state index contributed by atoms with van der Waals surface area (Å²) >= 11 is 9.25. The molecule has 0 bridgehead atoms. The summed E-state index contributed by atoms with van der Waals surface area (Å²) in [6.07, 6.45) is 1.71. The summed E-state index contributed by atoms with van der Waals surface area (Å²) in [6.45, 7) is 2.37. The lowest BCUT2D eigenvalue weighted by molar-refractivity contribution is 0.0950. The molecule has 0 aliphatic rings. The van der Waals surface area contributed by atoms with Crippen molar-refractivity contribution in [3.05, 3.63) is 62.8 Å². The molecule has 2 aromatic rings. The summed E-state index contributed by atoms with van der Waals surface area (Å²) in [5, 5.41) is 3.34. The van der Waals surface area contributed by atoms with Crippen molar-refractivity contribution in [3.63, 3.8) is 0 Å². The van der Waals surface area contributed by atoms with E-state index in [1.807, 2.05) is 19.1 Å². The van der Waals surface area contributed by atoms with Gasteiger partial charge in [0.2, 0.25) is 0 Å². The summed E-state index contributed by atoms with van der Waals surface area (Å²) in [6, 6.07) is 8.94. The SMILES string of the molecule is Cc1cccnc1CNC(=O)c1ccc(Br)c(Cl)c1. The average Bonchev–Trinajstić information content (AvgIpc) is 2.40. The number of nitrogens with zero attached hydrogens (tertiary/aromatic N) is 1. The Morgan fingerprint density at radius 1 is 1.42 bits per heavy atom. The van der Waals surface area contributed by atoms with Gasteiger partial charge in [0.1, 0.15) is 0 Å². The van der Waals surface area contributed by atoms with Crippen LogP contribution >= 0.6 is 27.5 Å². The van der Waals surface area contributed by atoms with E-state index in [4.69, 9.17) is 11.6 Å². The van der Waals surface area contributed by atoms with Crippen molar-refractivity contribution < 1.29 is 4.79 Å². The van der Waals surface area contributed by atoms with E-state index in [0.717, 1.165) is 15.7 Å². The molecular formula is C14H12BrClN2O. The van der Waals surface area contributed by atoms with Gasteiger partial charge in [-0.05, 0) is 52.7 Å². The lowest BCUT2D eigenvalue weighted by atomic mass is 10.2. The molecule has 3 nitrogen and oxygen atoms in total. The maximum Gasteiger partial charge on any atom is 0.251 e. The molecular weight excluding hydrogens is 328 g/mol. The molecule has 0 fully saturated rings. The molecule has 1 amide bonds. The molecule has 1 aromatic carbocycles. The molecule has 0 radical (unpaired) electrons. The Balaban J connectivity index is 2.05. The van der Waals surface area contributed by atoms with Gasteiger partial charge in [-0.25, -0.2) is 0 Å². The van der Waals surface area contributed by atoms with E-state index in [1.165, 1.54) is 0 Å². The number of benzene rings is 1. The fraction of sp³-hybridized carbons (Fsp3) is 0.143. The third-order valence-electron chi connectivity index (χ3n) is 2.72. The zero-order valence-corrected chi connectivity index (χ0v) is 12.6. The van der Waals surface area contributed by atoms with Crippen LogP contribution in [0.3, 0.4) is 0 Å². The topological polar surface area (TPSA) is 42.0 Å². The number of amides is 1. The molecule has 98 valence electrons. The molecule has 0 spiro atoms. The monoisotopic (exact) mass is 338 g/mol. The minimum Gasteiger partial charge on any atom is -0.346 e. The zero-order chi connectivity index (χ0) is 13.8. The third kappa shape index (κ3) is 3.55. The highest BCUT2D eigenvalue weighted by Crippen LogP contribution is 2.23. The number of carbonyl (C=O) groups is 1. The highest BCUT2D eigenvalue weighted by molar-refractivity contribution is 9.10. The van der Waals surface area contributed by atoms with Crippen molar-refractivity contribution in [3.8, 4) is 0 Å². The van der Waals surface area contributed by atoms with Crippen LogP contribution in [0.5, 0.6) is 0 Å². The largest absolute Gasteiger partial charge is 0.346 e. The fourth-order valence-corrected chi connectivity index (χ4v) is 2.03. The molecule has 1 aromatic heterocycles.